The highest BCUT2D eigenvalue weighted by Crippen LogP contribution is 2.26. The zero-order chi connectivity index (χ0) is 10.7. The molecule has 3 nitrogen and oxygen atoms in total. The van der Waals surface area contributed by atoms with Gasteiger partial charge in [-0.25, -0.2) is 0 Å². The van der Waals surface area contributed by atoms with Gasteiger partial charge in [0.05, 0.1) is 0 Å². The summed E-state index contributed by atoms with van der Waals surface area (Å²) in [4.78, 5) is 24.3. The van der Waals surface area contributed by atoms with Gasteiger partial charge in [0, 0.05) is 31.2 Å². The number of nitrogens with zero attached hydrogens (tertiary/aromatic N) is 1. The molecule has 0 radical (unpaired) electrons. The van der Waals surface area contributed by atoms with Crippen LogP contribution < -0.4 is 0 Å². The quantitative estimate of drug-likeness (QED) is 0.718. The summed E-state index contributed by atoms with van der Waals surface area (Å²) in [6.07, 6.45) is 1.50. The predicted octanol–water partition coefficient (Wildman–Crippen LogP) is 1.67. The molecule has 1 fully saturated rings. The molecule has 0 aromatic heterocycles. The molecule has 80 valence electrons. The third kappa shape index (κ3) is 2.74. The fourth-order valence-electron chi connectivity index (χ4n) is 1.66. The standard InChI is InChI=1S/C10H17NO2S/c1-4-7(2)11-6-9(5-10(11)13)14-8(3)12/h7,9H,4-6H2,1-3H3. The lowest BCUT2D eigenvalue weighted by Gasteiger charge is -2.23. The molecule has 1 amide bonds. The van der Waals surface area contributed by atoms with Crippen LogP contribution in [-0.4, -0.2) is 33.8 Å². The number of amides is 1. The van der Waals surface area contributed by atoms with Crippen molar-refractivity contribution in [2.75, 3.05) is 6.54 Å². The summed E-state index contributed by atoms with van der Waals surface area (Å²) < 4.78 is 0. The Morgan fingerprint density at radius 2 is 2.36 bits per heavy atom. The first kappa shape index (κ1) is 11.6. The van der Waals surface area contributed by atoms with Gasteiger partial charge < -0.3 is 4.90 Å². The van der Waals surface area contributed by atoms with E-state index in [9.17, 15) is 9.59 Å². The molecule has 0 saturated carbocycles. The lowest BCUT2D eigenvalue weighted by molar-refractivity contribution is -0.129. The number of carbonyl (C=O) groups excluding carboxylic acids is 2. The van der Waals surface area contributed by atoms with E-state index in [4.69, 9.17) is 0 Å². The van der Waals surface area contributed by atoms with Gasteiger partial charge in [0.15, 0.2) is 5.12 Å². The number of likely N-dealkylation sites (tertiary alicyclic amines) is 1. The molecule has 1 aliphatic heterocycles. The molecule has 0 aliphatic carbocycles. The van der Waals surface area contributed by atoms with E-state index in [0.717, 1.165) is 13.0 Å². The third-order valence-electron chi connectivity index (χ3n) is 2.58. The Morgan fingerprint density at radius 1 is 1.71 bits per heavy atom. The zero-order valence-electron chi connectivity index (χ0n) is 8.95. The molecule has 14 heavy (non-hydrogen) atoms. The average molecular weight is 215 g/mol. The Kier molecular flexibility index (Phi) is 3.98. The van der Waals surface area contributed by atoms with Crippen LogP contribution in [0, 0.1) is 0 Å². The molecular formula is C10H17NO2S. The summed E-state index contributed by atoms with van der Waals surface area (Å²) in [5.41, 5.74) is 0. The Bertz CT molecular complexity index is 242. The Hall–Kier alpha value is -0.510. The summed E-state index contributed by atoms with van der Waals surface area (Å²) in [5.74, 6) is 0.193. The maximum atomic E-state index is 11.6. The summed E-state index contributed by atoms with van der Waals surface area (Å²) in [5, 5.41) is 0.280. The van der Waals surface area contributed by atoms with Gasteiger partial charge >= 0.3 is 0 Å². The van der Waals surface area contributed by atoms with Crippen molar-refractivity contribution < 1.29 is 9.59 Å². The minimum atomic E-state index is 0.105. The molecule has 1 saturated heterocycles. The maximum absolute atomic E-state index is 11.6. The van der Waals surface area contributed by atoms with Crippen LogP contribution in [0.5, 0.6) is 0 Å². The lowest BCUT2D eigenvalue weighted by atomic mass is 10.2. The van der Waals surface area contributed by atoms with Crippen molar-refractivity contribution in [3.63, 3.8) is 0 Å². The fourth-order valence-corrected chi connectivity index (χ4v) is 2.59. The summed E-state index contributed by atoms with van der Waals surface area (Å²) >= 11 is 1.30. The molecular weight excluding hydrogens is 198 g/mol. The maximum Gasteiger partial charge on any atom is 0.224 e. The number of rotatable bonds is 3. The number of thioether (sulfide) groups is 1. The SMILES string of the molecule is CCC(C)N1CC(SC(C)=O)CC1=O. The van der Waals surface area contributed by atoms with Crippen molar-refractivity contribution >= 4 is 22.8 Å². The van der Waals surface area contributed by atoms with Crippen molar-refractivity contribution in [2.45, 2.75) is 44.9 Å². The van der Waals surface area contributed by atoms with Crippen LogP contribution in [0.25, 0.3) is 0 Å². The first-order valence-electron chi connectivity index (χ1n) is 5.01. The second-order valence-corrected chi connectivity index (χ2v) is 5.22. The third-order valence-corrected chi connectivity index (χ3v) is 3.56. The summed E-state index contributed by atoms with van der Waals surface area (Å²) in [6.45, 7) is 6.42. The van der Waals surface area contributed by atoms with Crippen molar-refractivity contribution in [3.05, 3.63) is 0 Å². The normalized spacial score (nSPS) is 24.1. The van der Waals surface area contributed by atoms with Gasteiger partial charge in [-0.15, -0.1) is 0 Å². The zero-order valence-corrected chi connectivity index (χ0v) is 9.76. The van der Waals surface area contributed by atoms with Crippen LogP contribution in [-0.2, 0) is 9.59 Å². The van der Waals surface area contributed by atoms with Crippen molar-refractivity contribution in [2.24, 2.45) is 0 Å². The van der Waals surface area contributed by atoms with E-state index in [1.54, 1.807) is 6.92 Å². The van der Waals surface area contributed by atoms with Crippen LogP contribution in [0.3, 0.4) is 0 Å². The lowest BCUT2D eigenvalue weighted by Crippen LogP contribution is -2.34. The van der Waals surface area contributed by atoms with Gasteiger partial charge in [0.2, 0.25) is 5.91 Å². The van der Waals surface area contributed by atoms with E-state index >= 15 is 0 Å². The highest BCUT2D eigenvalue weighted by molar-refractivity contribution is 8.14. The van der Waals surface area contributed by atoms with E-state index in [-0.39, 0.29) is 16.3 Å². The van der Waals surface area contributed by atoms with Crippen LogP contribution >= 0.6 is 11.8 Å². The molecule has 0 spiro atoms. The Morgan fingerprint density at radius 3 is 2.86 bits per heavy atom. The fraction of sp³-hybridized carbons (Fsp3) is 0.800. The van der Waals surface area contributed by atoms with E-state index < -0.39 is 0 Å². The molecule has 2 unspecified atom stereocenters. The van der Waals surface area contributed by atoms with Crippen molar-refractivity contribution in [3.8, 4) is 0 Å². The van der Waals surface area contributed by atoms with Gasteiger partial charge in [0.25, 0.3) is 0 Å². The van der Waals surface area contributed by atoms with E-state index in [1.807, 2.05) is 4.90 Å². The van der Waals surface area contributed by atoms with Crippen molar-refractivity contribution in [1.82, 2.24) is 4.90 Å². The average Bonchev–Trinajstić information content (AvgIpc) is 2.44. The molecule has 0 bridgehead atoms. The molecule has 1 rings (SSSR count). The second kappa shape index (κ2) is 4.82. The number of hydrogen-bond donors (Lipinski definition) is 0. The number of hydrogen-bond acceptors (Lipinski definition) is 3. The van der Waals surface area contributed by atoms with Gasteiger partial charge in [0.1, 0.15) is 0 Å². The van der Waals surface area contributed by atoms with Gasteiger partial charge in [-0.05, 0) is 13.3 Å². The van der Waals surface area contributed by atoms with Crippen LogP contribution in [0.2, 0.25) is 0 Å². The van der Waals surface area contributed by atoms with Crippen LogP contribution in [0.4, 0.5) is 0 Å². The summed E-state index contributed by atoms with van der Waals surface area (Å²) in [7, 11) is 0. The topological polar surface area (TPSA) is 37.4 Å². The molecule has 0 aromatic carbocycles. The summed E-state index contributed by atoms with van der Waals surface area (Å²) in [6, 6.07) is 0.306. The minimum Gasteiger partial charge on any atom is -0.339 e. The molecule has 1 aliphatic rings. The predicted molar refractivity (Wildman–Crippen MR) is 58.1 cm³/mol. The minimum absolute atomic E-state index is 0.105. The monoisotopic (exact) mass is 215 g/mol. The smallest absolute Gasteiger partial charge is 0.224 e. The van der Waals surface area contributed by atoms with Gasteiger partial charge in [-0.1, -0.05) is 18.7 Å². The van der Waals surface area contributed by atoms with E-state index in [2.05, 4.69) is 13.8 Å². The molecule has 1 heterocycles. The largest absolute Gasteiger partial charge is 0.339 e. The Balaban J connectivity index is 2.51. The highest BCUT2D eigenvalue weighted by Gasteiger charge is 2.32. The first-order chi connectivity index (χ1) is 6.54. The molecule has 0 N–H and O–H groups in total. The molecule has 4 heteroatoms. The first-order valence-corrected chi connectivity index (χ1v) is 5.89. The second-order valence-electron chi connectivity index (χ2n) is 3.74. The molecule has 0 aromatic rings. The molecule has 2 atom stereocenters. The van der Waals surface area contributed by atoms with E-state index in [1.165, 1.54) is 11.8 Å². The number of carbonyl (C=O) groups is 2. The van der Waals surface area contributed by atoms with E-state index in [0.29, 0.717) is 12.5 Å². The van der Waals surface area contributed by atoms with Gasteiger partial charge in [-0.3, -0.25) is 9.59 Å². The van der Waals surface area contributed by atoms with Crippen LogP contribution in [0.1, 0.15) is 33.6 Å². The van der Waals surface area contributed by atoms with Gasteiger partial charge in [-0.2, -0.15) is 0 Å². The highest BCUT2D eigenvalue weighted by atomic mass is 32.2. The van der Waals surface area contributed by atoms with Crippen LogP contribution in [0.15, 0.2) is 0 Å². The Labute approximate surface area is 89.2 Å². The van der Waals surface area contributed by atoms with Crippen molar-refractivity contribution in [1.29, 1.82) is 0 Å².